The Balaban J connectivity index is 1.64. The van der Waals surface area contributed by atoms with Crippen LogP contribution in [-0.2, 0) is 14.0 Å². The molecule has 7 heteroatoms. The molecule has 2 aromatic rings. The Hall–Kier alpha value is -2.51. The molecular formula is C23H28FNO4Si. The van der Waals surface area contributed by atoms with Gasteiger partial charge in [0.25, 0.3) is 0 Å². The minimum Gasteiger partial charge on any atom is -0.446 e. The summed E-state index contributed by atoms with van der Waals surface area (Å²) in [5.74, 6) is -0.544. The van der Waals surface area contributed by atoms with Gasteiger partial charge in [0.15, 0.2) is 8.32 Å². The van der Waals surface area contributed by atoms with E-state index in [-0.39, 0.29) is 30.9 Å². The molecule has 1 saturated heterocycles. The molecule has 2 amide bonds. The highest BCUT2D eigenvalue weighted by Crippen LogP contribution is 2.31. The van der Waals surface area contributed by atoms with Crippen molar-refractivity contribution in [2.75, 3.05) is 6.61 Å². The summed E-state index contributed by atoms with van der Waals surface area (Å²) in [6, 6.07) is 15.3. The normalized spacial score (nSPS) is 17.7. The Kier molecular flexibility index (Phi) is 7.05. The van der Waals surface area contributed by atoms with Gasteiger partial charge in [0.1, 0.15) is 18.5 Å². The van der Waals surface area contributed by atoms with Crippen molar-refractivity contribution < 1.29 is 23.1 Å². The fourth-order valence-electron chi connectivity index (χ4n) is 3.57. The second kappa shape index (κ2) is 9.53. The molecule has 0 N–H and O–H groups in total. The second-order valence-corrected chi connectivity index (χ2v) is 12.9. The number of carbonyl (C=O) groups excluding carboxylic acids is 2. The van der Waals surface area contributed by atoms with Crippen molar-refractivity contribution in [3.05, 3.63) is 71.5 Å². The maximum absolute atomic E-state index is 13.3. The fourth-order valence-corrected chi connectivity index (χ4v) is 4.68. The third-order valence-corrected chi connectivity index (χ3v) is 5.91. The van der Waals surface area contributed by atoms with Crippen molar-refractivity contribution >= 4 is 20.3 Å². The third kappa shape index (κ3) is 5.76. The summed E-state index contributed by atoms with van der Waals surface area (Å²) >= 11 is 0. The molecule has 1 aliphatic heterocycles. The highest BCUT2D eigenvalue weighted by Gasteiger charge is 2.38. The zero-order valence-electron chi connectivity index (χ0n) is 17.6. The Labute approximate surface area is 177 Å². The molecule has 0 aliphatic carbocycles. The molecule has 30 heavy (non-hydrogen) atoms. The maximum atomic E-state index is 13.3. The Morgan fingerprint density at radius 3 is 2.47 bits per heavy atom. The average molecular weight is 430 g/mol. The van der Waals surface area contributed by atoms with Crippen LogP contribution in [-0.4, -0.2) is 31.8 Å². The number of rotatable bonds is 8. The van der Waals surface area contributed by atoms with Crippen molar-refractivity contribution in [3.8, 4) is 0 Å². The van der Waals surface area contributed by atoms with E-state index in [1.165, 1.54) is 17.0 Å². The SMILES string of the molecule is C[Si](C)(C)O[C@@H](CCCC(=O)N1C(=O)OC[C@@H]1c1ccccc1)c1ccc(F)cc1. The first-order valence-electron chi connectivity index (χ1n) is 10.2. The summed E-state index contributed by atoms with van der Waals surface area (Å²) in [4.78, 5) is 26.2. The Morgan fingerprint density at radius 2 is 1.83 bits per heavy atom. The van der Waals surface area contributed by atoms with Crippen LogP contribution in [0.3, 0.4) is 0 Å². The van der Waals surface area contributed by atoms with Crippen LogP contribution >= 0.6 is 0 Å². The van der Waals surface area contributed by atoms with Crippen LogP contribution < -0.4 is 0 Å². The predicted molar refractivity (Wildman–Crippen MR) is 115 cm³/mol. The first-order chi connectivity index (χ1) is 14.2. The molecule has 1 heterocycles. The predicted octanol–water partition coefficient (Wildman–Crippen LogP) is 5.61. The van der Waals surface area contributed by atoms with Gasteiger partial charge in [-0.2, -0.15) is 0 Å². The van der Waals surface area contributed by atoms with Gasteiger partial charge in [-0.3, -0.25) is 4.79 Å². The lowest BCUT2D eigenvalue weighted by atomic mass is 10.0. The molecule has 0 unspecified atom stereocenters. The number of hydrogen-bond acceptors (Lipinski definition) is 4. The molecule has 0 spiro atoms. The summed E-state index contributed by atoms with van der Waals surface area (Å²) in [7, 11) is -1.85. The van der Waals surface area contributed by atoms with E-state index < -0.39 is 20.5 Å². The van der Waals surface area contributed by atoms with Gasteiger partial charge in [-0.25, -0.2) is 14.1 Å². The molecule has 1 fully saturated rings. The minimum atomic E-state index is -1.85. The monoisotopic (exact) mass is 429 g/mol. The van der Waals surface area contributed by atoms with Crippen LogP contribution in [0.4, 0.5) is 9.18 Å². The van der Waals surface area contributed by atoms with E-state index in [9.17, 15) is 14.0 Å². The minimum absolute atomic E-state index is 0.172. The number of amides is 2. The number of carbonyl (C=O) groups is 2. The molecule has 1 aliphatic rings. The highest BCUT2D eigenvalue weighted by molar-refractivity contribution is 6.69. The van der Waals surface area contributed by atoms with Crippen molar-refractivity contribution in [3.63, 3.8) is 0 Å². The van der Waals surface area contributed by atoms with E-state index in [0.29, 0.717) is 12.8 Å². The molecule has 2 aromatic carbocycles. The standard InChI is InChI=1S/C23H28FNO4Si/c1-30(2,3)29-21(18-12-14-19(24)15-13-18)10-7-11-22(26)25-20(16-28-23(25)27)17-8-5-4-6-9-17/h4-6,8-9,12-15,20-21H,7,10-11,16H2,1-3H3/t20-,21+/m1/s1. The van der Waals surface area contributed by atoms with Gasteiger partial charge < -0.3 is 9.16 Å². The van der Waals surface area contributed by atoms with E-state index in [2.05, 4.69) is 19.6 Å². The summed E-state index contributed by atoms with van der Waals surface area (Å²) < 4.78 is 24.7. The second-order valence-electron chi connectivity index (χ2n) is 8.43. The van der Waals surface area contributed by atoms with Crippen LogP contribution in [0.15, 0.2) is 54.6 Å². The molecule has 0 bridgehead atoms. The van der Waals surface area contributed by atoms with Gasteiger partial charge >= 0.3 is 6.09 Å². The van der Waals surface area contributed by atoms with Crippen molar-refractivity contribution in [1.29, 1.82) is 0 Å². The zero-order valence-corrected chi connectivity index (χ0v) is 18.6. The quantitative estimate of drug-likeness (QED) is 0.512. The topological polar surface area (TPSA) is 55.8 Å². The zero-order chi connectivity index (χ0) is 21.7. The first-order valence-corrected chi connectivity index (χ1v) is 13.6. The van der Waals surface area contributed by atoms with E-state index >= 15 is 0 Å². The number of imide groups is 1. The number of cyclic esters (lactones) is 1. The number of benzene rings is 2. The van der Waals surface area contributed by atoms with Gasteiger partial charge in [0.05, 0.1) is 6.10 Å². The van der Waals surface area contributed by atoms with Gasteiger partial charge in [0.2, 0.25) is 5.91 Å². The van der Waals surface area contributed by atoms with Gasteiger partial charge in [-0.05, 0) is 55.7 Å². The summed E-state index contributed by atoms with van der Waals surface area (Å²) in [6.45, 7) is 6.46. The Morgan fingerprint density at radius 1 is 1.17 bits per heavy atom. The van der Waals surface area contributed by atoms with Crippen LogP contribution in [0.5, 0.6) is 0 Å². The summed E-state index contributed by atoms with van der Waals surface area (Å²) in [5, 5.41) is 0. The van der Waals surface area contributed by atoms with Crippen molar-refractivity contribution in [1.82, 2.24) is 4.90 Å². The van der Waals surface area contributed by atoms with Crippen LogP contribution in [0.2, 0.25) is 19.6 Å². The summed E-state index contributed by atoms with van der Waals surface area (Å²) in [5.41, 5.74) is 1.77. The molecule has 160 valence electrons. The van der Waals surface area contributed by atoms with Gasteiger partial charge in [0, 0.05) is 6.42 Å². The van der Waals surface area contributed by atoms with Crippen LogP contribution in [0.1, 0.15) is 42.5 Å². The number of nitrogens with zero attached hydrogens (tertiary/aromatic N) is 1. The molecule has 0 aromatic heterocycles. The number of ether oxygens (including phenoxy) is 1. The van der Waals surface area contributed by atoms with Crippen LogP contribution in [0.25, 0.3) is 0 Å². The average Bonchev–Trinajstić information content (AvgIpc) is 3.09. The van der Waals surface area contributed by atoms with Crippen LogP contribution in [0, 0.1) is 5.82 Å². The highest BCUT2D eigenvalue weighted by atomic mass is 28.4. The number of hydrogen-bond donors (Lipinski definition) is 0. The van der Waals surface area contributed by atoms with Gasteiger partial charge in [-0.1, -0.05) is 42.5 Å². The third-order valence-electron chi connectivity index (χ3n) is 4.92. The molecule has 3 rings (SSSR count). The van der Waals surface area contributed by atoms with Gasteiger partial charge in [-0.15, -0.1) is 0 Å². The molecule has 0 radical (unpaired) electrons. The lowest BCUT2D eigenvalue weighted by molar-refractivity contribution is -0.129. The van der Waals surface area contributed by atoms with E-state index in [4.69, 9.17) is 9.16 Å². The summed E-state index contributed by atoms with van der Waals surface area (Å²) in [6.07, 6.45) is 0.574. The Bertz CT molecular complexity index is 867. The molecule has 5 nitrogen and oxygen atoms in total. The van der Waals surface area contributed by atoms with Crippen molar-refractivity contribution in [2.45, 2.75) is 51.0 Å². The van der Waals surface area contributed by atoms with E-state index in [0.717, 1.165) is 11.1 Å². The molecule has 2 atom stereocenters. The smallest absolute Gasteiger partial charge is 0.417 e. The van der Waals surface area contributed by atoms with E-state index in [1.807, 2.05) is 30.3 Å². The number of halogens is 1. The maximum Gasteiger partial charge on any atom is 0.417 e. The van der Waals surface area contributed by atoms with Crippen molar-refractivity contribution in [2.24, 2.45) is 0 Å². The first kappa shape index (κ1) is 22.2. The molecule has 0 saturated carbocycles. The largest absolute Gasteiger partial charge is 0.446 e. The fraction of sp³-hybridized carbons (Fsp3) is 0.391. The van der Waals surface area contributed by atoms with E-state index in [1.54, 1.807) is 12.1 Å². The lowest BCUT2D eigenvalue weighted by Crippen LogP contribution is -2.34. The molecular weight excluding hydrogens is 401 g/mol. The lowest BCUT2D eigenvalue weighted by Gasteiger charge is -2.27.